The summed E-state index contributed by atoms with van der Waals surface area (Å²) in [7, 11) is 1.57. The van der Waals surface area contributed by atoms with Crippen molar-refractivity contribution in [3.05, 3.63) is 0 Å². The maximum absolute atomic E-state index is 9.35. The highest BCUT2D eigenvalue weighted by Gasteiger charge is 2.32. The third kappa shape index (κ3) is 2.57. The molecule has 0 aliphatic carbocycles. The van der Waals surface area contributed by atoms with Gasteiger partial charge in [0.1, 0.15) is 0 Å². The van der Waals surface area contributed by atoms with E-state index in [1.807, 2.05) is 0 Å². The molecular weight excluding hydrogens is 182 g/mol. The van der Waals surface area contributed by atoms with E-state index in [-0.39, 0.29) is 30.8 Å². The first-order chi connectivity index (χ1) is 5.15. The van der Waals surface area contributed by atoms with Crippen molar-refractivity contribution < 1.29 is 14.6 Å². The summed E-state index contributed by atoms with van der Waals surface area (Å²) in [4.78, 5) is 0. The van der Waals surface area contributed by atoms with E-state index in [1.165, 1.54) is 0 Å². The van der Waals surface area contributed by atoms with Crippen molar-refractivity contribution in [3.8, 4) is 0 Å². The van der Waals surface area contributed by atoms with Gasteiger partial charge in [-0.15, -0.1) is 12.4 Å². The van der Waals surface area contributed by atoms with Crippen LogP contribution >= 0.6 is 12.4 Å². The van der Waals surface area contributed by atoms with E-state index in [0.717, 1.165) is 0 Å². The van der Waals surface area contributed by atoms with Crippen LogP contribution in [0.5, 0.6) is 0 Å². The predicted molar refractivity (Wildman–Crippen MR) is 47.2 cm³/mol. The summed E-state index contributed by atoms with van der Waals surface area (Å²) in [5.74, 6) is 0. The molecule has 0 aromatic heterocycles. The molecule has 4 atom stereocenters. The van der Waals surface area contributed by atoms with Crippen molar-refractivity contribution in [1.82, 2.24) is 0 Å². The Morgan fingerprint density at radius 1 is 1.58 bits per heavy atom. The number of ether oxygens (including phenoxy) is 2. The quantitative estimate of drug-likeness (QED) is 0.615. The van der Waals surface area contributed by atoms with Gasteiger partial charge >= 0.3 is 0 Å². The Balaban J connectivity index is 0.00000121. The summed E-state index contributed by atoms with van der Waals surface area (Å²) >= 11 is 0. The lowest BCUT2D eigenvalue weighted by atomic mass is 10.0. The van der Waals surface area contributed by atoms with Gasteiger partial charge in [0, 0.05) is 19.6 Å². The summed E-state index contributed by atoms with van der Waals surface area (Å²) in [6, 6.07) is -0.233. The molecule has 1 saturated heterocycles. The molecule has 1 aliphatic rings. The molecule has 0 unspecified atom stereocenters. The first kappa shape index (κ1) is 12.1. The molecule has 5 heteroatoms. The molecule has 74 valence electrons. The maximum atomic E-state index is 9.35. The molecule has 0 aromatic rings. The van der Waals surface area contributed by atoms with E-state index in [2.05, 4.69) is 0 Å². The number of nitrogens with two attached hydrogens (primary N) is 1. The fourth-order valence-corrected chi connectivity index (χ4v) is 1.24. The Bertz CT molecular complexity index is 124. The molecule has 0 bridgehead atoms. The van der Waals surface area contributed by atoms with Crippen LogP contribution in [0, 0.1) is 0 Å². The molecule has 1 rings (SSSR count). The molecule has 0 amide bonds. The fourth-order valence-electron chi connectivity index (χ4n) is 1.24. The number of halogens is 1. The second kappa shape index (κ2) is 4.99. The minimum Gasteiger partial charge on any atom is -0.389 e. The molecule has 0 aromatic carbocycles. The molecular formula is C7H16ClNO3. The Hall–Kier alpha value is 0.130. The van der Waals surface area contributed by atoms with Crippen molar-refractivity contribution in [2.75, 3.05) is 7.11 Å². The van der Waals surface area contributed by atoms with Crippen LogP contribution in [-0.4, -0.2) is 36.8 Å². The van der Waals surface area contributed by atoms with E-state index in [9.17, 15) is 5.11 Å². The van der Waals surface area contributed by atoms with Gasteiger partial charge in [0.2, 0.25) is 0 Å². The lowest BCUT2D eigenvalue weighted by molar-refractivity contribution is -0.211. The van der Waals surface area contributed by atoms with Crippen LogP contribution in [0.15, 0.2) is 0 Å². The highest BCUT2D eigenvalue weighted by molar-refractivity contribution is 5.85. The highest BCUT2D eigenvalue weighted by atomic mass is 35.5. The van der Waals surface area contributed by atoms with Gasteiger partial charge in [0.05, 0.1) is 12.2 Å². The van der Waals surface area contributed by atoms with Gasteiger partial charge in [-0.25, -0.2) is 0 Å². The SMILES string of the molecule is CO[C@@H]1C[C@H](N)[C@H](O)[C@H](C)O1.Cl. The second-order valence-corrected chi connectivity index (χ2v) is 2.90. The fraction of sp³-hybridized carbons (Fsp3) is 1.00. The van der Waals surface area contributed by atoms with Crippen molar-refractivity contribution in [1.29, 1.82) is 0 Å². The monoisotopic (exact) mass is 197 g/mol. The average molecular weight is 198 g/mol. The number of rotatable bonds is 1. The Kier molecular flexibility index (Phi) is 5.04. The molecule has 12 heavy (non-hydrogen) atoms. The lowest BCUT2D eigenvalue weighted by Gasteiger charge is -2.35. The van der Waals surface area contributed by atoms with Crippen LogP contribution in [0.1, 0.15) is 13.3 Å². The van der Waals surface area contributed by atoms with Crippen molar-refractivity contribution in [2.45, 2.75) is 37.9 Å². The van der Waals surface area contributed by atoms with Gasteiger partial charge in [-0.05, 0) is 6.92 Å². The van der Waals surface area contributed by atoms with Gasteiger partial charge < -0.3 is 20.3 Å². The summed E-state index contributed by atoms with van der Waals surface area (Å²) in [5, 5.41) is 9.35. The Morgan fingerprint density at radius 3 is 2.58 bits per heavy atom. The Labute approximate surface area is 78.4 Å². The first-order valence-corrected chi connectivity index (χ1v) is 3.77. The second-order valence-electron chi connectivity index (χ2n) is 2.90. The van der Waals surface area contributed by atoms with Crippen LogP contribution < -0.4 is 5.73 Å². The van der Waals surface area contributed by atoms with Gasteiger partial charge in [0.15, 0.2) is 6.29 Å². The van der Waals surface area contributed by atoms with E-state index in [4.69, 9.17) is 15.2 Å². The molecule has 0 spiro atoms. The zero-order valence-corrected chi connectivity index (χ0v) is 8.08. The van der Waals surface area contributed by atoms with Crippen molar-refractivity contribution in [3.63, 3.8) is 0 Å². The molecule has 0 saturated carbocycles. The van der Waals surface area contributed by atoms with Gasteiger partial charge in [-0.2, -0.15) is 0 Å². The molecule has 3 N–H and O–H groups in total. The molecule has 0 radical (unpaired) electrons. The molecule has 1 aliphatic heterocycles. The lowest BCUT2D eigenvalue weighted by Crippen LogP contribution is -2.51. The number of aliphatic hydroxyl groups is 1. The van der Waals surface area contributed by atoms with Crippen molar-refractivity contribution >= 4 is 12.4 Å². The smallest absolute Gasteiger partial charge is 0.159 e. The van der Waals surface area contributed by atoms with Crippen LogP contribution in [0.25, 0.3) is 0 Å². The Morgan fingerprint density at radius 2 is 2.17 bits per heavy atom. The third-order valence-electron chi connectivity index (χ3n) is 2.01. The third-order valence-corrected chi connectivity index (χ3v) is 2.01. The van der Waals surface area contributed by atoms with E-state index >= 15 is 0 Å². The van der Waals surface area contributed by atoms with Gasteiger partial charge in [-0.3, -0.25) is 0 Å². The summed E-state index contributed by atoms with van der Waals surface area (Å²) in [6.07, 6.45) is -0.504. The first-order valence-electron chi connectivity index (χ1n) is 3.77. The zero-order chi connectivity index (χ0) is 8.43. The highest BCUT2D eigenvalue weighted by Crippen LogP contribution is 2.18. The number of methoxy groups -OCH3 is 1. The van der Waals surface area contributed by atoms with Crippen molar-refractivity contribution in [2.24, 2.45) is 5.73 Å². The maximum Gasteiger partial charge on any atom is 0.159 e. The van der Waals surface area contributed by atoms with Gasteiger partial charge in [-0.1, -0.05) is 0 Å². The van der Waals surface area contributed by atoms with E-state index < -0.39 is 6.10 Å². The standard InChI is InChI=1S/C7H15NO3.ClH/c1-4-7(9)5(8)3-6(10-2)11-4;/h4-7,9H,3,8H2,1-2H3;1H/t4-,5-,6-,7+;/m0./s1. The normalized spacial score (nSPS) is 42.0. The predicted octanol–water partition coefficient (Wildman–Crippen LogP) is -0.122. The molecule has 1 fully saturated rings. The zero-order valence-electron chi connectivity index (χ0n) is 7.27. The summed E-state index contributed by atoms with van der Waals surface area (Å²) in [6.45, 7) is 1.79. The van der Waals surface area contributed by atoms with Crippen LogP contribution in [-0.2, 0) is 9.47 Å². The van der Waals surface area contributed by atoms with Gasteiger partial charge in [0.25, 0.3) is 0 Å². The van der Waals surface area contributed by atoms with E-state index in [1.54, 1.807) is 14.0 Å². The van der Waals surface area contributed by atoms with Crippen LogP contribution in [0.3, 0.4) is 0 Å². The average Bonchev–Trinajstić information content (AvgIpc) is 1.99. The summed E-state index contributed by atoms with van der Waals surface area (Å²) in [5.41, 5.74) is 5.62. The number of hydrogen-bond acceptors (Lipinski definition) is 4. The molecule has 1 heterocycles. The van der Waals surface area contributed by atoms with Crippen LogP contribution in [0.4, 0.5) is 0 Å². The van der Waals surface area contributed by atoms with E-state index in [0.29, 0.717) is 6.42 Å². The number of hydrogen-bond donors (Lipinski definition) is 2. The number of aliphatic hydroxyl groups excluding tert-OH is 1. The largest absolute Gasteiger partial charge is 0.389 e. The minimum atomic E-state index is -0.568. The summed E-state index contributed by atoms with van der Waals surface area (Å²) < 4.78 is 10.2. The topological polar surface area (TPSA) is 64.7 Å². The minimum absolute atomic E-state index is 0. The van der Waals surface area contributed by atoms with Crippen LogP contribution in [0.2, 0.25) is 0 Å². The molecule has 4 nitrogen and oxygen atoms in total.